The lowest BCUT2D eigenvalue weighted by Gasteiger charge is -2.23. The molecular formula is C25H26ClNO5S. The van der Waals surface area contributed by atoms with Crippen molar-refractivity contribution in [3.8, 4) is 11.5 Å². The molecule has 33 heavy (non-hydrogen) atoms. The van der Waals surface area contributed by atoms with E-state index in [9.17, 15) is 13.2 Å². The van der Waals surface area contributed by atoms with E-state index in [1.54, 1.807) is 24.3 Å². The minimum Gasteiger partial charge on any atom is -0.495 e. The van der Waals surface area contributed by atoms with Crippen LogP contribution in [0.1, 0.15) is 30.9 Å². The molecule has 0 bridgehead atoms. The molecule has 6 nitrogen and oxygen atoms in total. The van der Waals surface area contributed by atoms with Gasteiger partial charge in [-0.25, -0.2) is 8.42 Å². The van der Waals surface area contributed by atoms with Gasteiger partial charge in [0, 0.05) is 0 Å². The van der Waals surface area contributed by atoms with E-state index < -0.39 is 22.5 Å². The van der Waals surface area contributed by atoms with Gasteiger partial charge in [0.2, 0.25) is 0 Å². The number of aryl methyl sites for hydroxylation is 1. The summed E-state index contributed by atoms with van der Waals surface area (Å²) in [7, 11) is -2.77. The summed E-state index contributed by atoms with van der Waals surface area (Å²) >= 11 is 6.22. The van der Waals surface area contributed by atoms with Crippen LogP contribution in [0, 0.1) is 6.92 Å². The van der Waals surface area contributed by atoms with Gasteiger partial charge >= 0.3 is 0 Å². The van der Waals surface area contributed by atoms with Crippen molar-refractivity contribution in [2.24, 2.45) is 0 Å². The number of halogens is 1. The third-order valence-electron chi connectivity index (χ3n) is 5.06. The number of amides is 1. The van der Waals surface area contributed by atoms with Crippen molar-refractivity contribution in [1.29, 1.82) is 0 Å². The predicted octanol–water partition coefficient (Wildman–Crippen LogP) is 5.58. The number of nitrogens with zero attached hydrogens (tertiary/aromatic N) is 1. The first-order chi connectivity index (χ1) is 15.6. The van der Waals surface area contributed by atoms with Crippen LogP contribution in [0.4, 0.5) is 5.69 Å². The van der Waals surface area contributed by atoms with Crippen LogP contribution in [-0.2, 0) is 14.8 Å². The van der Waals surface area contributed by atoms with E-state index in [4.69, 9.17) is 21.1 Å². The maximum atomic E-state index is 13.5. The molecule has 0 aliphatic carbocycles. The molecule has 0 atom stereocenters. The van der Waals surface area contributed by atoms with Crippen molar-refractivity contribution < 1.29 is 22.7 Å². The maximum absolute atomic E-state index is 13.5. The Balaban J connectivity index is 1.94. The van der Waals surface area contributed by atoms with Gasteiger partial charge in [-0.1, -0.05) is 55.3 Å². The van der Waals surface area contributed by atoms with Gasteiger partial charge in [-0.15, -0.1) is 0 Å². The van der Waals surface area contributed by atoms with Crippen molar-refractivity contribution in [2.45, 2.75) is 31.6 Å². The molecule has 0 spiro atoms. The number of benzene rings is 3. The van der Waals surface area contributed by atoms with E-state index in [2.05, 4.69) is 13.8 Å². The van der Waals surface area contributed by atoms with Crippen molar-refractivity contribution in [3.05, 3.63) is 82.9 Å². The van der Waals surface area contributed by atoms with Crippen molar-refractivity contribution in [2.75, 3.05) is 18.0 Å². The quantitative estimate of drug-likeness (QED) is 0.414. The molecule has 0 saturated carbocycles. The van der Waals surface area contributed by atoms with Gasteiger partial charge in [-0.05, 0) is 60.9 Å². The summed E-state index contributed by atoms with van der Waals surface area (Å²) < 4.78 is 38.4. The summed E-state index contributed by atoms with van der Waals surface area (Å²) in [4.78, 5) is 13.2. The molecule has 0 heterocycles. The van der Waals surface area contributed by atoms with Crippen molar-refractivity contribution in [3.63, 3.8) is 0 Å². The second-order valence-corrected chi connectivity index (χ2v) is 10.0. The van der Waals surface area contributed by atoms with Crippen LogP contribution in [0.2, 0.25) is 5.02 Å². The zero-order valence-electron chi connectivity index (χ0n) is 18.9. The zero-order valence-corrected chi connectivity index (χ0v) is 20.5. The van der Waals surface area contributed by atoms with Gasteiger partial charge in [-0.3, -0.25) is 4.79 Å². The zero-order chi connectivity index (χ0) is 24.2. The highest BCUT2D eigenvalue weighted by Gasteiger charge is 2.32. The fraction of sp³-hybridized carbons (Fsp3) is 0.240. The monoisotopic (exact) mass is 487 g/mol. The molecule has 3 rings (SSSR count). The lowest BCUT2D eigenvalue weighted by atomic mass is 10.0. The van der Waals surface area contributed by atoms with Gasteiger partial charge < -0.3 is 9.47 Å². The number of carbonyl (C=O) groups excluding carboxylic acids is 1. The van der Waals surface area contributed by atoms with E-state index >= 15 is 0 Å². The summed E-state index contributed by atoms with van der Waals surface area (Å²) in [6.07, 6.45) is 0. The highest BCUT2D eigenvalue weighted by atomic mass is 35.5. The number of hydrogen-bond acceptors (Lipinski definition) is 5. The lowest BCUT2D eigenvalue weighted by Crippen LogP contribution is -2.40. The largest absolute Gasteiger partial charge is 0.495 e. The standard InChI is InChI=1S/C25H26ClNO5S/c1-17(2)19-7-10-21(11-8-19)32-16-25(28)27(20-9-14-24(31-4)23(26)15-20)33(29,30)22-12-5-18(3)6-13-22/h5-15,17H,16H2,1-4H3. The first kappa shape index (κ1) is 24.6. The SMILES string of the molecule is COc1ccc(N(C(=O)COc2ccc(C(C)C)cc2)S(=O)(=O)c2ccc(C)cc2)cc1Cl. The van der Waals surface area contributed by atoms with Crippen LogP contribution in [-0.4, -0.2) is 28.0 Å². The van der Waals surface area contributed by atoms with E-state index in [1.807, 2.05) is 19.1 Å². The number of methoxy groups -OCH3 is 1. The Kier molecular flexibility index (Phi) is 7.66. The molecule has 3 aromatic carbocycles. The molecule has 174 valence electrons. The second kappa shape index (κ2) is 10.3. The Bertz CT molecular complexity index is 1220. The van der Waals surface area contributed by atoms with Gasteiger partial charge in [-0.2, -0.15) is 4.31 Å². The Morgan fingerprint density at radius 1 is 1.00 bits per heavy atom. The minimum absolute atomic E-state index is 0.0188. The normalized spacial score (nSPS) is 11.3. The van der Waals surface area contributed by atoms with Crippen LogP contribution < -0.4 is 13.8 Å². The Labute approximate surface area is 199 Å². The first-order valence-corrected chi connectivity index (χ1v) is 12.2. The summed E-state index contributed by atoms with van der Waals surface area (Å²) in [5, 5.41) is 0.178. The number of rotatable bonds is 8. The smallest absolute Gasteiger partial charge is 0.278 e. The highest BCUT2D eigenvalue weighted by molar-refractivity contribution is 7.93. The first-order valence-electron chi connectivity index (χ1n) is 10.3. The average Bonchev–Trinajstić information content (AvgIpc) is 2.78. The molecule has 0 radical (unpaired) electrons. The summed E-state index contributed by atoms with van der Waals surface area (Å²) in [6.45, 7) is 5.52. The molecule has 0 aliphatic rings. The minimum atomic E-state index is -4.22. The molecule has 3 aromatic rings. The van der Waals surface area contributed by atoms with Gasteiger partial charge in [0.25, 0.3) is 15.9 Å². The van der Waals surface area contributed by atoms with E-state index in [0.717, 1.165) is 11.1 Å². The van der Waals surface area contributed by atoms with E-state index in [-0.39, 0.29) is 15.6 Å². The molecule has 1 amide bonds. The van der Waals surface area contributed by atoms with E-state index in [1.165, 1.54) is 37.4 Å². The third kappa shape index (κ3) is 5.67. The number of sulfonamides is 1. The van der Waals surface area contributed by atoms with Crippen LogP contribution in [0.3, 0.4) is 0 Å². The topological polar surface area (TPSA) is 72.9 Å². The second-order valence-electron chi connectivity index (χ2n) is 7.81. The molecule has 0 N–H and O–H groups in total. The Morgan fingerprint density at radius 2 is 1.64 bits per heavy atom. The lowest BCUT2D eigenvalue weighted by molar-refractivity contribution is -0.119. The molecule has 0 saturated heterocycles. The van der Waals surface area contributed by atoms with Crippen molar-refractivity contribution >= 4 is 33.2 Å². The average molecular weight is 488 g/mol. The van der Waals surface area contributed by atoms with Gasteiger partial charge in [0.05, 0.1) is 22.7 Å². The fourth-order valence-corrected chi connectivity index (χ4v) is 4.82. The molecule has 0 fully saturated rings. The number of hydrogen-bond donors (Lipinski definition) is 0. The van der Waals surface area contributed by atoms with Gasteiger partial charge in [0.15, 0.2) is 6.61 Å². The van der Waals surface area contributed by atoms with Crippen LogP contribution in [0.5, 0.6) is 11.5 Å². The number of anilines is 1. The summed E-state index contributed by atoms with van der Waals surface area (Å²) in [5.41, 5.74) is 2.11. The molecule has 0 unspecified atom stereocenters. The summed E-state index contributed by atoms with van der Waals surface area (Å²) in [5.74, 6) is 0.427. The maximum Gasteiger partial charge on any atom is 0.278 e. The van der Waals surface area contributed by atoms with Crippen LogP contribution in [0.25, 0.3) is 0 Å². The number of carbonyl (C=O) groups is 1. The fourth-order valence-electron chi connectivity index (χ4n) is 3.17. The van der Waals surface area contributed by atoms with Crippen LogP contribution >= 0.6 is 11.6 Å². The predicted molar refractivity (Wildman–Crippen MR) is 130 cm³/mol. The molecule has 0 aliphatic heterocycles. The Hall–Kier alpha value is -3.03. The third-order valence-corrected chi connectivity index (χ3v) is 7.12. The summed E-state index contributed by atoms with van der Waals surface area (Å²) in [6, 6.07) is 17.9. The highest BCUT2D eigenvalue weighted by Crippen LogP contribution is 2.32. The van der Waals surface area contributed by atoms with Crippen molar-refractivity contribution in [1.82, 2.24) is 0 Å². The molecule has 8 heteroatoms. The number of ether oxygens (including phenoxy) is 2. The van der Waals surface area contributed by atoms with E-state index in [0.29, 0.717) is 21.7 Å². The Morgan fingerprint density at radius 3 is 2.18 bits per heavy atom. The molecule has 0 aromatic heterocycles. The van der Waals surface area contributed by atoms with Gasteiger partial charge in [0.1, 0.15) is 11.5 Å². The van der Waals surface area contributed by atoms with Crippen LogP contribution in [0.15, 0.2) is 71.6 Å². The molecular weight excluding hydrogens is 462 g/mol.